The maximum atomic E-state index is 12.7. The molecular weight excluding hydrogens is 376 g/mol. The summed E-state index contributed by atoms with van der Waals surface area (Å²) in [7, 11) is 0. The van der Waals surface area contributed by atoms with Gasteiger partial charge >= 0.3 is 0 Å². The predicted molar refractivity (Wildman–Crippen MR) is 118 cm³/mol. The van der Waals surface area contributed by atoms with Crippen LogP contribution in [0.2, 0.25) is 0 Å². The summed E-state index contributed by atoms with van der Waals surface area (Å²) in [4.78, 5) is 21.7. The number of hydrogen-bond acceptors (Lipinski definition) is 5. The SMILES string of the molecule is Cc1nn(-c2ccccc2)c(C)c1NC(=O)CN1CCN(Cc2ccccn2)CC1. The standard InChI is InChI=1S/C23H28N6O/c1-18-23(19(2)29(26-18)21-9-4-3-5-10-21)25-22(30)17-28-14-12-27(13-15-28)16-20-8-6-7-11-24-20/h3-11H,12-17H2,1-2H3,(H,25,30). The van der Waals surface area contributed by atoms with Gasteiger partial charge in [-0.3, -0.25) is 19.6 Å². The van der Waals surface area contributed by atoms with E-state index in [1.807, 2.05) is 67.2 Å². The highest BCUT2D eigenvalue weighted by molar-refractivity contribution is 5.93. The largest absolute Gasteiger partial charge is 0.322 e. The second kappa shape index (κ2) is 9.19. The molecule has 1 fully saturated rings. The number of para-hydroxylation sites is 1. The van der Waals surface area contributed by atoms with Gasteiger partial charge < -0.3 is 5.32 Å². The zero-order valence-electron chi connectivity index (χ0n) is 17.6. The first-order valence-corrected chi connectivity index (χ1v) is 10.4. The molecule has 0 radical (unpaired) electrons. The minimum absolute atomic E-state index is 0.00647. The fourth-order valence-electron chi connectivity index (χ4n) is 3.85. The minimum atomic E-state index is 0.00647. The Labute approximate surface area is 177 Å². The lowest BCUT2D eigenvalue weighted by Crippen LogP contribution is -2.48. The Morgan fingerprint density at radius 2 is 1.67 bits per heavy atom. The van der Waals surface area contributed by atoms with Crippen molar-refractivity contribution in [2.45, 2.75) is 20.4 Å². The van der Waals surface area contributed by atoms with E-state index in [0.717, 1.165) is 61.2 Å². The number of aryl methyl sites for hydroxylation is 1. The van der Waals surface area contributed by atoms with Crippen LogP contribution in [0.5, 0.6) is 0 Å². The van der Waals surface area contributed by atoms with Crippen LogP contribution >= 0.6 is 0 Å². The van der Waals surface area contributed by atoms with Crippen molar-refractivity contribution < 1.29 is 4.79 Å². The van der Waals surface area contributed by atoms with Crippen molar-refractivity contribution >= 4 is 11.6 Å². The van der Waals surface area contributed by atoms with Crippen molar-refractivity contribution in [3.8, 4) is 5.69 Å². The molecule has 0 bridgehead atoms. The van der Waals surface area contributed by atoms with Gasteiger partial charge in [-0.1, -0.05) is 24.3 Å². The molecule has 0 saturated carbocycles. The Hall–Kier alpha value is -3.03. The van der Waals surface area contributed by atoms with E-state index in [4.69, 9.17) is 0 Å². The van der Waals surface area contributed by atoms with E-state index in [1.165, 1.54) is 0 Å². The fourth-order valence-corrected chi connectivity index (χ4v) is 3.85. The Balaban J connectivity index is 1.31. The van der Waals surface area contributed by atoms with Crippen LogP contribution < -0.4 is 5.32 Å². The third-order valence-corrected chi connectivity index (χ3v) is 5.50. The van der Waals surface area contributed by atoms with Crippen LogP contribution in [0, 0.1) is 13.8 Å². The summed E-state index contributed by atoms with van der Waals surface area (Å²) < 4.78 is 1.88. The van der Waals surface area contributed by atoms with Gasteiger partial charge in [0.1, 0.15) is 0 Å². The first-order valence-electron chi connectivity index (χ1n) is 10.4. The van der Waals surface area contributed by atoms with Crippen molar-refractivity contribution in [1.82, 2.24) is 24.6 Å². The molecule has 2 aromatic heterocycles. The maximum Gasteiger partial charge on any atom is 0.238 e. The normalized spacial score (nSPS) is 15.3. The quantitative estimate of drug-likeness (QED) is 0.684. The lowest BCUT2D eigenvalue weighted by Gasteiger charge is -2.34. The van der Waals surface area contributed by atoms with Gasteiger partial charge in [0.05, 0.1) is 35.0 Å². The summed E-state index contributed by atoms with van der Waals surface area (Å²) in [6, 6.07) is 16.0. The van der Waals surface area contributed by atoms with Gasteiger partial charge in [-0.05, 0) is 38.1 Å². The molecule has 0 atom stereocenters. The number of anilines is 1. The van der Waals surface area contributed by atoms with E-state index < -0.39 is 0 Å². The summed E-state index contributed by atoms with van der Waals surface area (Å²) in [6.07, 6.45) is 1.83. The van der Waals surface area contributed by atoms with Gasteiger partial charge in [0.25, 0.3) is 0 Å². The molecule has 0 aliphatic carbocycles. The highest BCUT2D eigenvalue weighted by atomic mass is 16.2. The number of pyridine rings is 1. The highest BCUT2D eigenvalue weighted by Crippen LogP contribution is 2.22. The topological polar surface area (TPSA) is 66.3 Å². The first-order chi connectivity index (χ1) is 14.6. The molecular formula is C23H28N6O. The lowest BCUT2D eigenvalue weighted by atomic mass is 10.2. The third-order valence-electron chi connectivity index (χ3n) is 5.50. The van der Waals surface area contributed by atoms with Crippen molar-refractivity contribution in [3.05, 3.63) is 71.8 Å². The number of hydrogen-bond donors (Lipinski definition) is 1. The number of carbonyl (C=O) groups is 1. The van der Waals surface area contributed by atoms with E-state index >= 15 is 0 Å². The van der Waals surface area contributed by atoms with Gasteiger partial charge in [-0.25, -0.2) is 4.68 Å². The predicted octanol–water partition coefficient (Wildman–Crippen LogP) is 2.64. The molecule has 1 amide bonds. The van der Waals surface area contributed by atoms with Crippen molar-refractivity contribution in [2.75, 3.05) is 38.0 Å². The van der Waals surface area contributed by atoms with E-state index in [9.17, 15) is 4.79 Å². The molecule has 3 aromatic rings. The van der Waals surface area contributed by atoms with E-state index in [-0.39, 0.29) is 5.91 Å². The molecule has 4 rings (SSSR count). The molecule has 30 heavy (non-hydrogen) atoms. The molecule has 1 saturated heterocycles. The zero-order valence-corrected chi connectivity index (χ0v) is 17.6. The summed E-state index contributed by atoms with van der Waals surface area (Å²) in [6.45, 7) is 8.80. The first kappa shape index (κ1) is 20.3. The third kappa shape index (κ3) is 4.75. The molecule has 0 unspecified atom stereocenters. The Morgan fingerprint density at radius 1 is 0.967 bits per heavy atom. The smallest absolute Gasteiger partial charge is 0.238 e. The average Bonchev–Trinajstić information content (AvgIpc) is 3.05. The Kier molecular flexibility index (Phi) is 6.21. The van der Waals surface area contributed by atoms with Crippen LogP contribution in [0.15, 0.2) is 54.7 Å². The average molecular weight is 405 g/mol. The number of nitrogens with zero attached hydrogens (tertiary/aromatic N) is 5. The number of carbonyl (C=O) groups excluding carboxylic acids is 1. The fraction of sp³-hybridized carbons (Fsp3) is 0.348. The van der Waals surface area contributed by atoms with Gasteiger partial charge in [0.15, 0.2) is 0 Å². The summed E-state index contributed by atoms with van der Waals surface area (Å²) in [5.74, 6) is 0.00647. The molecule has 7 heteroatoms. The van der Waals surface area contributed by atoms with E-state index in [1.54, 1.807) is 0 Å². The molecule has 7 nitrogen and oxygen atoms in total. The number of amides is 1. The second-order valence-electron chi connectivity index (χ2n) is 7.71. The number of aromatic nitrogens is 3. The van der Waals surface area contributed by atoms with Crippen molar-refractivity contribution in [1.29, 1.82) is 0 Å². The highest BCUT2D eigenvalue weighted by Gasteiger charge is 2.21. The van der Waals surface area contributed by atoms with E-state index in [0.29, 0.717) is 6.54 Å². The van der Waals surface area contributed by atoms with Gasteiger partial charge in [0.2, 0.25) is 5.91 Å². The number of benzene rings is 1. The second-order valence-corrected chi connectivity index (χ2v) is 7.71. The molecule has 0 spiro atoms. The number of piperazine rings is 1. The summed E-state index contributed by atoms with van der Waals surface area (Å²) >= 11 is 0. The van der Waals surface area contributed by atoms with Crippen LogP contribution in [0.4, 0.5) is 5.69 Å². The van der Waals surface area contributed by atoms with Crippen LogP contribution in [0.3, 0.4) is 0 Å². The Bertz CT molecular complexity index is 978. The summed E-state index contributed by atoms with van der Waals surface area (Å²) in [5, 5.41) is 7.69. The molecule has 1 N–H and O–H groups in total. The molecule has 156 valence electrons. The van der Waals surface area contributed by atoms with Gasteiger partial charge in [-0.15, -0.1) is 0 Å². The number of nitrogens with one attached hydrogen (secondary N) is 1. The van der Waals surface area contributed by atoms with Crippen molar-refractivity contribution in [3.63, 3.8) is 0 Å². The molecule has 3 heterocycles. The molecule has 1 aliphatic heterocycles. The van der Waals surface area contributed by atoms with Gasteiger partial charge in [-0.2, -0.15) is 5.10 Å². The van der Waals surface area contributed by atoms with Crippen molar-refractivity contribution in [2.24, 2.45) is 0 Å². The Morgan fingerprint density at radius 3 is 2.37 bits per heavy atom. The minimum Gasteiger partial charge on any atom is -0.322 e. The maximum absolute atomic E-state index is 12.7. The zero-order chi connectivity index (χ0) is 20.9. The van der Waals surface area contributed by atoms with Crippen LogP contribution in [0.25, 0.3) is 5.69 Å². The van der Waals surface area contributed by atoms with Crippen LogP contribution in [0.1, 0.15) is 17.1 Å². The van der Waals surface area contributed by atoms with Crippen LogP contribution in [-0.2, 0) is 11.3 Å². The van der Waals surface area contributed by atoms with Crippen LogP contribution in [-0.4, -0.2) is 63.2 Å². The molecule has 1 aromatic carbocycles. The summed E-state index contributed by atoms with van der Waals surface area (Å²) in [5.41, 5.74) is 4.64. The number of rotatable bonds is 6. The van der Waals surface area contributed by atoms with E-state index in [2.05, 4.69) is 31.3 Å². The lowest BCUT2D eigenvalue weighted by molar-refractivity contribution is -0.117. The molecule has 1 aliphatic rings. The van der Waals surface area contributed by atoms with Gasteiger partial charge in [0, 0.05) is 38.9 Å². The monoisotopic (exact) mass is 404 g/mol.